The molecule has 1 aliphatic heterocycles. The molecule has 0 spiro atoms. The quantitative estimate of drug-likeness (QED) is 0.847. The summed E-state index contributed by atoms with van der Waals surface area (Å²) in [6.45, 7) is 3.71. The van der Waals surface area contributed by atoms with Gasteiger partial charge in [0, 0.05) is 18.8 Å². The van der Waals surface area contributed by atoms with Gasteiger partial charge in [0.2, 0.25) is 0 Å². The minimum atomic E-state index is -0.398. The summed E-state index contributed by atoms with van der Waals surface area (Å²) < 4.78 is 5.55. The first-order valence-electron chi connectivity index (χ1n) is 6.69. The highest BCUT2D eigenvalue weighted by Crippen LogP contribution is 2.20. The first-order chi connectivity index (χ1) is 9.22. The molecule has 1 unspecified atom stereocenters. The highest BCUT2D eigenvalue weighted by molar-refractivity contribution is 5.82. The van der Waals surface area contributed by atoms with Crippen LogP contribution in [0.1, 0.15) is 18.7 Å². The van der Waals surface area contributed by atoms with E-state index in [2.05, 4.69) is 20.2 Å². The van der Waals surface area contributed by atoms with Crippen LogP contribution in [0.25, 0.3) is 0 Å². The van der Waals surface area contributed by atoms with E-state index in [1.54, 1.807) is 6.20 Å². The van der Waals surface area contributed by atoms with Crippen molar-refractivity contribution in [3.05, 3.63) is 18.1 Å². The predicted molar refractivity (Wildman–Crippen MR) is 69.9 cm³/mol. The van der Waals surface area contributed by atoms with Crippen molar-refractivity contribution in [2.24, 2.45) is 0 Å². The van der Waals surface area contributed by atoms with Crippen molar-refractivity contribution in [3.8, 4) is 0 Å². The van der Waals surface area contributed by atoms with Gasteiger partial charge in [0.05, 0.1) is 13.2 Å². The summed E-state index contributed by atoms with van der Waals surface area (Å²) in [6.07, 6.45) is 3.53. The lowest BCUT2D eigenvalue weighted by atomic mass is 10.2. The Bertz CT molecular complexity index is 475. The molecule has 0 aromatic carbocycles. The van der Waals surface area contributed by atoms with Crippen LogP contribution in [-0.2, 0) is 9.53 Å². The van der Waals surface area contributed by atoms with Gasteiger partial charge in [-0.25, -0.2) is 9.97 Å². The summed E-state index contributed by atoms with van der Waals surface area (Å²) in [5, 5.41) is 2.98. The minimum absolute atomic E-state index is 0.00187. The Hall–Kier alpha value is -1.69. The van der Waals surface area contributed by atoms with Crippen molar-refractivity contribution in [2.45, 2.75) is 31.9 Å². The number of rotatable bonds is 3. The van der Waals surface area contributed by atoms with Crippen molar-refractivity contribution < 1.29 is 9.53 Å². The molecular weight excluding hydrogens is 244 g/mol. The van der Waals surface area contributed by atoms with Crippen LogP contribution in [-0.4, -0.2) is 47.7 Å². The van der Waals surface area contributed by atoms with Crippen LogP contribution in [0.15, 0.2) is 12.3 Å². The van der Waals surface area contributed by atoms with Crippen LogP contribution in [0, 0.1) is 6.92 Å². The lowest BCUT2D eigenvalue weighted by Gasteiger charge is -2.33. The van der Waals surface area contributed by atoms with E-state index in [-0.39, 0.29) is 5.91 Å². The molecule has 1 aromatic rings. The van der Waals surface area contributed by atoms with Gasteiger partial charge >= 0.3 is 0 Å². The van der Waals surface area contributed by atoms with Crippen molar-refractivity contribution in [1.82, 2.24) is 15.3 Å². The number of amides is 1. The smallest absolute Gasteiger partial charge is 0.251 e. The highest BCUT2D eigenvalue weighted by Gasteiger charge is 2.31. The summed E-state index contributed by atoms with van der Waals surface area (Å²) in [6, 6.07) is 2.24. The normalized spacial score (nSPS) is 23.2. The van der Waals surface area contributed by atoms with Crippen LogP contribution < -0.4 is 10.2 Å². The largest absolute Gasteiger partial charge is 0.365 e. The molecule has 2 fully saturated rings. The average molecular weight is 262 g/mol. The molecule has 3 rings (SSSR count). The van der Waals surface area contributed by atoms with E-state index in [0.717, 1.165) is 31.0 Å². The molecule has 19 heavy (non-hydrogen) atoms. The van der Waals surface area contributed by atoms with Gasteiger partial charge in [-0.05, 0) is 25.8 Å². The number of ether oxygens (including phenoxy) is 1. The molecule has 0 bridgehead atoms. The molecule has 1 atom stereocenters. The van der Waals surface area contributed by atoms with Crippen LogP contribution in [0.5, 0.6) is 0 Å². The second-order valence-corrected chi connectivity index (χ2v) is 5.05. The second-order valence-electron chi connectivity index (χ2n) is 5.05. The van der Waals surface area contributed by atoms with E-state index in [1.165, 1.54) is 0 Å². The lowest BCUT2D eigenvalue weighted by molar-refractivity contribution is -0.133. The molecule has 0 radical (unpaired) electrons. The number of hydrogen-bond acceptors (Lipinski definition) is 5. The number of carbonyl (C=O) groups is 1. The van der Waals surface area contributed by atoms with E-state index in [4.69, 9.17) is 4.74 Å². The first kappa shape index (κ1) is 12.3. The Labute approximate surface area is 112 Å². The van der Waals surface area contributed by atoms with Crippen LogP contribution >= 0.6 is 0 Å². The topological polar surface area (TPSA) is 67.4 Å². The third-order valence-corrected chi connectivity index (χ3v) is 3.37. The molecule has 6 heteroatoms. The Kier molecular flexibility index (Phi) is 3.33. The summed E-state index contributed by atoms with van der Waals surface area (Å²) in [7, 11) is 0. The maximum absolute atomic E-state index is 12.0. The summed E-state index contributed by atoms with van der Waals surface area (Å²) in [5.74, 6) is 1.60. The third-order valence-electron chi connectivity index (χ3n) is 3.37. The van der Waals surface area contributed by atoms with Crippen molar-refractivity contribution in [3.63, 3.8) is 0 Å². The zero-order chi connectivity index (χ0) is 13.2. The maximum atomic E-state index is 12.0. The molecule has 2 aliphatic rings. The molecule has 102 valence electrons. The molecule has 2 heterocycles. The van der Waals surface area contributed by atoms with Gasteiger partial charge in [0.25, 0.3) is 5.91 Å². The fourth-order valence-electron chi connectivity index (χ4n) is 2.16. The third kappa shape index (κ3) is 3.01. The van der Waals surface area contributed by atoms with Gasteiger partial charge in [-0.1, -0.05) is 0 Å². The summed E-state index contributed by atoms with van der Waals surface area (Å²) in [4.78, 5) is 22.6. The zero-order valence-corrected chi connectivity index (χ0v) is 11.0. The van der Waals surface area contributed by atoms with Crippen molar-refractivity contribution in [2.75, 3.05) is 24.6 Å². The number of aromatic nitrogens is 2. The van der Waals surface area contributed by atoms with Crippen molar-refractivity contribution >= 4 is 11.7 Å². The van der Waals surface area contributed by atoms with Gasteiger partial charge in [-0.2, -0.15) is 0 Å². The molecule has 1 saturated carbocycles. The molecule has 1 N–H and O–H groups in total. The minimum Gasteiger partial charge on any atom is -0.365 e. The standard InChI is InChI=1S/C13H18N4O2/c1-9-14-5-4-12(15-9)17-6-7-19-11(8-17)13(18)16-10-2-3-10/h4-5,10-11H,2-3,6-8H2,1H3,(H,16,18). The second kappa shape index (κ2) is 5.13. The SMILES string of the molecule is Cc1nccc(N2CCOC(C(=O)NC3CC3)C2)n1. The molecule has 1 aromatic heterocycles. The van der Waals surface area contributed by atoms with Gasteiger partial charge in [0.1, 0.15) is 11.6 Å². The number of nitrogens with zero attached hydrogens (tertiary/aromatic N) is 3. The van der Waals surface area contributed by atoms with E-state index in [0.29, 0.717) is 19.2 Å². The Morgan fingerprint density at radius 2 is 2.37 bits per heavy atom. The van der Waals surface area contributed by atoms with Gasteiger partial charge < -0.3 is 15.0 Å². The molecule has 1 aliphatic carbocycles. The van der Waals surface area contributed by atoms with Gasteiger partial charge in [-0.15, -0.1) is 0 Å². The number of anilines is 1. The van der Waals surface area contributed by atoms with Crippen LogP contribution in [0.3, 0.4) is 0 Å². The van der Waals surface area contributed by atoms with Gasteiger partial charge in [-0.3, -0.25) is 4.79 Å². The van der Waals surface area contributed by atoms with Crippen molar-refractivity contribution in [1.29, 1.82) is 0 Å². The highest BCUT2D eigenvalue weighted by atomic mass is 16.5. The fraction of sp³-hybridized carbons (Fsp3) is 0.615. The number of nitrogens with one attached hydrogen (secondary N) is 1. The number of aryl methyl sites for hydroxylation is 1. The van der Waals surface area contributed by atoms with Crippen LogP contribution in [0.4, 0.5) is 5.82 Å². The molecule has 6 nitrogen and oxygen atoms in total. The number of morpholine rings is 1. The van der Waals surface area contributed by atoms with Gasteiger partial charge in [0.15, 0.2) is 6.10 Å². The number of carbonyl (C=O) groups excluding carboxylic acids is 1. The molecule has 1 amide bonds. The monoisotopic (exact) mass is 262 g/mol. The zero-order valence-electron chi connectivity index (χ0n) is 11.0. The maximum Gasteiger partial charge on any atom is 0.251 e. The average Bonchev–Trinajstić information content (AvgIpc) is 3.23. The Morgan fingerprint density at radius 1 is 1.53 bits per heavy atom. The van der Waals surface area contributed by atoms with E-state index < -0.39 is 6.10 Å². The summed E-state index contributed by atoms with van der Waals surface area (Å²) >= 11 is 0. The Morgan fingerprint density at radius 3 is 3.11 bits per heavy atom. The van der Waals surface area contributed by atoms with Crippen LogP contribution in [0.2, 0.25) is 0 Å². The molecule has 1 saturated heterocycles. The lowest BCUT2D eigenvalue weighted by Crippen LogP contribution is -2.50. The van der Waals surface area contributed by atoms with E-state index in [1.807, 2.05) is 13.0 Å². The molecular formula is C13H18N4O2. The first-order valence-corrected chi connectivity index (χ1v) is 6.69. The predicted octanol–water partition coefficient (Wildman–Crippen LogP) is 0.269. The van der Waals surface area contributed by atoms with E-state index >= 15 is 0 Å². The number of hydrogen-bond donors (Lipinski definition) is 1. The Balaban J connectivity index is 1.65. The fourth-order valence-corrected chi connectivity index (χ4v) is 2.16. The van der Waals surface area contributed by atoms with E-state index in [9.17, 15) is 4.79 Å². The summed E-state index contributed by atoms with van der Waals surface area (Å²) in [5.41, 5.74) is 0.